The van der Waals surface area contributed by atoms with Crippen LogP contribution in [0.15, 0.2) is 0 Å². The molecule has 14 heavy (non-hydrogen) atoms. The third-order valence-corrected chi connectivity index (χ3v) is 2.16. The topological polar surface area (TPSA) is 93.1 Å². The molecule has 0 rings (SSSR count). The Labute approximate surface area is 88.3 Å². The second-order valence-corrected chi connectivity index (χ2v) is 3.63. The Morgan fingerprint density at radius 2 is 1.64 bits per heavy atom. The van der Waals surface area contributed by atoms with Gasteiger partial charge in [-0.2, -0.15) is 12.6 Å². The minimum absolute atomic E-state index is 0.0833. The number of hydrogen-bond acceptors (Lipinski definition) is 5. The highest BCUT2D eigenvalue weighted by molar-refractivity contribution is 7.81. The van der Waals surface area contributed by atoms with Gasteiger partial charge in [0.2, 0.25) is 0 Å². The summed E-state index contributed by atoms with van der Waals surface area (Å²) in [6.07, 6.45) is 0. The van der Waals surface area contributed by atoms with Gasteiger partial charge in [0.15, 0.2) is 0 Å². The highest BCUT2D eigenvalue weighted by atomic mass is 32.1. The third-order valence-electron chi connectivity index (χ3n) is 0.720. The molecule has 0 unspecified atom stereocenters. The van der Waals surface area contributed by atoms with E-state index in [0.29, 0.717) is 0 Å². The van der Waals surface area contributed by atoms with Crippen LogP contribution in [0.4, 0.5) is 0 Å². The molecule has 0 aliphatic heterocycles. The van der Waals surface area contributed by atoms with Crippen LogP contribution in [-0.4, -0.2) is 34.9 Å². The zero-order valence-electron chi connectivity index (χ0n) is 8.04. The molecule has 86 valence electrons. The van der Waals surface area contributed by atoms with E-state index < -0.39 is 13.8 Å². The largest absolute Gasteiger partial charge is 0.481 e. The second kappa shape index (κ2) is 9.48. The lowest BCUT2D eigenvalue weighted by atomic mass is 10.8. The first-order valence-electron chi connectivity index (χ1n) is 3.84. The molecule has 0 saturated heterocycles. The predicted octanol–water partition coefficient (Wildman–Crippen LogP) is 1.16. The SMILES string of the molecule is CCOP(=O)(O)OCC.O=C(O)CS. The van der Waals surface area contributed by atoms with Gasteiger partial charge in [0, 0.05) is 0 Å². The Hall–Kier alpha value is -0.0700. The monoisotopic (exact) mass is 246 g/mol. The van der Waals surface area contributed by atoms with E-state index in [2.05, 4.69) is 21.7 Å². The maximum atomic E-state index is 10.5. The van der Waals surface area contributed by atoms with Crippen LogP contribution in [0.1, 0.15) is 13.8 Å². The van der Waals surface area contributed by atoms with Crippen molar-refractivity contribution in [2.45, 2.75) is 13.8 Å². The van der Waals surface area contributed by atoms with Crippen molar-refractivity contribution in [2.75, 3.05) is 19.0 Å². The summed E-state index contributed by atoms with van der Waals surface area (Å²) in [6.45, 7) is 3.63. The highest BCUT2D eigenvalue weighted by Gasteiger charge is 2.17. The van der Waals surface area contributed by atoms with E-state index in [1.807, 2.05) is 0 Å². The van der Waals surface area contributed by atoms with Crippen molar-refractivity contribution in [3.63, 3.8) is 0 Å². The molecule has 8 heteroatoms. The molecule has 6 nitrogen and oxygen atoms in total. The van der Waals surface area contributed by atoms with Crippen molar-refractivity contribution in [2.24, 2.45) is 0 Å². The van der Waals surface area contributed by atoms with Crippen molar-refractivity contribution in [1.29, 1.82) is 0 Å². The highest BCUT2D eigenvalue weighted by Crippen LogP contribution is 2.42. The lowest BCUT2D eigenvalue weighted by molar-refractivity contribution is -0.133. The molecule has 0 atom stereocenters. The van der Waals surface area contributed by atoms with E-state index in [0.717, 1.165) is 0 Å². The lowest BCUT2D eigenvalue weighted by Gasteiger charge is -2.07. The van der Waals surface area contributed by atoms with Gasteiger partial charge in [0.1, 0.15) is 0 Å². The molecule has 0 amide bonds. The maximum absolute atomic E-state index is 10.5. The van der Waals surface area contributed by atoms with Gasteiger partial charge in [-0.1, -0.05) is 0 Å². The Bertz CT molecular complexity index is 187. The number of carboxylic acid groups (broad SMARTS) is 1. The zero-order chi connectivity index (χ0) is 11.6. The fourth-order valence-corrected chi connectivity index (χ4v) is 1.09. The summed E-state index contributed by atoms with van der Waals surface area (Å²) in [4.78, 5) is 17.9. The number of phosphoric ester groups is 1. The average molecular weight is 246 g/mol. The summed E-state index contributed by atoms with van der Waals surface area (Å²) in [5, 5.41) is 7.65. The first-order chi connectivity index (χ1) is 6.39. The van der Waals surface area contributed by atoms with Gasteiger partial charge in [0.05, 0.1) is 19.0 Å². The summed E-state index contributed by atoms with van der Waals surface area (Å²) in [5.74, 6) is -0.965. The van der Waals surface area contributed by atoms with Gasteiger partial charge < -0.3 is 10.00 Å². The average Bonchev–Trinajstić information content (AvgIpc) is 2.05. The molecule has 0 aliphatic rings. The zero-order valence-corrected chi connectivity index (χ0v) is 9.83. The van der Waals surface area contributed by atoms with E-state index in [4.69, 9.17) is 10.00 Å². The van der Waals surface area contributed by atoms with Crippen LogP contribution in [0.2, 0.25) is 0 Å². The first-order valence-corrected chi connectivity index (χ1v) is 5.96. The Kier molecular flexibility index (Phi) is 11.1. The Morgan fingerprint density at radius 3 is 1.79 bits per heavy atom. The molecule has 2 N–H and O–H groups in total. The molecule has 0 fully saturated rings. The van der Waals surface area contributed by atoms with E-state index in [9.17, 15) is 9.36 Å². The number of carbonyl (C=O) groups is 1. The van der Waals surface area contributed by atoms with Crippen LogP contribution in [0.3, 0.4) is 0 Å². The molecule has 0 heterocycles. The smallest absolute Gasteiger partial charge is 0.472 e. The van der Waals surface area contributed by atoms with Gasteiger partial charge in [-0.15, -0.1) is 0 Å². The predicted molar refractivity (Wildman–Crippen MR) is 54.6 cm³/mol. The summed E-state index contributed by atoms with van der Waals surface area (Å²) in [6, 6.07) is 0. The van der Waals surface area contributed by atoms with Crippen LogP contribution in [0.5, 0.6) is 0 Å². The quantitative estimate of drug-likeness (QED) is 0.498. The minimum Gasteiger partial charge on any atom is -0.481 e. The van der Waals surface area contributed by atoms with Crippen LogP contribution >= 0.6 is 20.5 Å². The molecule has 0 aromatic carbocycles. The van der Waals surface area contributed by atoms with Crippen LogP contribution in [-0.2, 0) is 18.4 Å². The number of rotatable bonds is 5. The van der Waals surface area contributed by atoms with Crippen LogP contribution < -0.4 is 0 Å². The van der Waals surface area contributed by atoms with Gasteiger partial charge in [-0.25, -0.2) is 4.57 Å². The number of phosphoric acid groups is 1. The summed E-state index contributed by atoms with van der Waals surface area (Å²) < 4.78 is 19.2. The fraction of sp³-hybridized carbons (Fsp3) is 0.833. The number of aliphatic carboxylic acids is 1. The number of hydrogen-bond donors (Lipinski definition) is 3. The van der Waals surface area contributed by atoms with Gasteiger partial charge in [-0.05, 0) is 13.8 Å². The van der Waals surface area contributed by atoms with Gasteiger partial charge in [0.25, 0.3) is 0 Å². The van der Waals surface area contributed by atoms with E-state index in [1.54, 1.807) is 13.8 Å². The van der Waals surface area contributed by atoms with Crippen molar-refractivity contribution >= 4 is 26.4 Å². The second-order valence-electron chi connectivity index (χ2n) is 1.86. The minimum atomic E-state index is -3.69. The van der Waals surface area contributed by atoms with E-state index in [1.165, 1.54) is 0 Å². The molecule has 0 radical (unpaired) electrons. The summed E-state index contributed by atoms with van der Waals surface area (Å²) >= 11 is 3.42. The Morgan fingerprint density at radius 1 is 1.36 bits per heavy atom. The van der Waals surface area contributed by atoms with Gasteiger partial charge in [-0.3, -0.25) is 13.8 Å². The molecular weight excluding hydrogens is 231 g/mol. The molecule has 0 saturated carbocycles. The standard InChI is InChI=1S/C4H11O4P.C2H4O2S/c1-3-7-9(5,6)8-4-2;3-2(4)1-5/h3-4H2,1-2H3,(H,5,6);5H,1H2,(H,3,4). The van der Waals surface area contributed by atoms with Crippen molar-refractivity contribution in [3.8, 4) is 0 Å². The lowest BCUT2D eigenvalue weighted by Crippen LogP contribution is -1.93. The van der Waals surface area contributed by atoms with E-state index in [-0.39, 0.29) is 19.0 Å². The van der Waals surface area contributed by atoms with Crippen molar-refractivity contribution in [3.05, 3.63) is 0 Å². The van der Waals surface area contributed by atoms with Crippen molar-refractivity contribution < 1.29 is 28.4 Å². The fourth-order valence-electron chi connectivity index (χ4n) is 0.364. The molecule has 0 aromatic heterocycles. The maximum Gasteiger partial charge on any atom is 0.472 e. The summed E-state index contributed by atoms with van der Waals surface area (Å²) in [5.41, 5.74) is 0. The molecular formula is C6H15O6PS. The molecule has 0 bridgehead atoms. The van der Waals surface area contributed by atoms with Crippen LogP contribution in [0.25, 0.3) is 0 Å². The molecule has 0 aliphatic carbocycles. The Balaban J connectivity index is 0. The third kappa shape index (κ3) is 14.5. The number of carboxylic acids is 1. The molecule has 0 aromatic rings. The first kappa shape index (κ1) is 16.4. The molecule has 0 spiro atoms. The van der Waals surface area contributed by atoms with Crippen LogP contribution in [0, 0.1) is 0 Å². The summed E-state index contributed by atoms with van der Waals surface area (Å²) in [7, 11) is -3.69. The van der Waals surface area contributed by atoms with Crippen molar-refractivity contribution in [1.82, 2.24) is 0 Å². The van der Waals surface area contributed by atoms with E-state index >= 15 is 0 Å². The number of thiol groups is 1. The van der Waals surface area contributed by atoms with Gasteiger partial charge >= 0.3 is 13.8 Å². The normalized spacial score (nSPS) is 10.3.